The summed E-state index contributed by atoms with van der Waals surface area (Å²) in [5.41, 5.74) is 1.67. The molecule has 0 bridgehead atoms. The molecule has 0 saturated carbocycles. The zero-order chi connectivity index (χ0) is 14.4. The van der Waals surface area contributed by atoms with Gasteiger partial charge in [-0.25, -0.2) is 0 Å². The lowest BCUT2D eigenvalue weighted by Crippen LogP contribution is -2.33. The molecule has 106 valence electrons. The lowest BCUT2D eigenvalue weighted by Gasteiger charge is -2.23. The van der Waals surface area contributed by atoms with Crippen molar-refractivity contribution in [2.24, 2.45) is 5.92 Å². The lowest BCUT2D eigenvalue weighted by molar-refractivity contribution is -0.122. The van der Waals surface area contributed by atoms with Crippen molar-refractivity contribution >= 4 is 5.91 Å². The average molecular weight is 271 g/mol. The zero-order valence-corrected chi connectivity index (χ0v) is 11.9. The molecule has 1 aromatic rings. The molecule has 4 nitrogen and oxygen atoms in total. The molecule has 1 saturated heterocycles. The number of amides is 1. The largest absolute Gasteiger partial charge is 0.350 e. The highest BCUT2D eigenvalue weighted by molar-refractivity contribution is 5.76. The summed E-state index contributed by atoms with van der Waals surface area (Å²) in [5, 5.41) is 15.1. The van der Waals surface area contributed by atoms with Gasteiger partial charge in [0.25, 0.3) is 0 Å². The Morgan fingerprint density at radius 2 is 2.05 bits per heavy atom. The van der Waals surface area contributed by atoms with E-state index in [9.17, 15) is 4.79 Å². The summed E-state index contributed by atoms with van der Waals surface area (Å²) in [6.45, 7) is 4.01. The first-order chi connectivity index (χ1) is 9.69. The van der Waals surface area contributed by atoms with Crippen LogP contribution < -0.4 is 10.6 Å². The van der Waals surface area contributed by atoms with E-state index >= 15 is 0 Å². The van der Waals surface area contributed by atoms with Crippen molar-refractivity contribution in [3.8, 4) is 6.07 Å². The van der Waals surface area contributed by atoms with Crippen molar-refractivity contribution < 1.29 is 4.79 Å². The van der Waals surface area contributed by atoms with Crippen LogP contribution in [-0.4, -0.2) is 19.0 Å². The molecule has 1 unspecified atom stereocenters. The Bertz CT molecular complexity index is 483. The number of nitrogens with zero attached hydrogens (tertiary/aromatic N) is 1. The summed E-state index contributed by atoms with van der Waals surface area (Å²) in [4.78, 5) is 12.0. The molecular formula is C16H21N3O. The minimum atomic E-state index is -0.0167. The summed E-state index contributed by atoms with van der Waals surface area (Å²) in [5.74, 6) is 0.623. The van der Waals surface area contributed by atoms with Gasteiger partial charge in [-0.05, 0) is 56.5 Å². The molecule has 0 aliphatic carbocycles. The average Bonchev–Trinajstić information content (AvgIpc) is 2.48. The first kappa shape index (κ1) is 14.5. The summed E-state index contributed by atoms with van der Waals surface area (Å²) in [7, 11) is 0. The highest BCUT2D eigenvalue weighted by Crippen LogP contribution is 2.18. The van der Waals surface area contributed by atoms with Crippen molar-refractivity contribution in [2.45, 2.75) is 32.2 Å². The fraction of sp³-hybridized carbons (Fsp3) is 0.500. The van der Waals surface area contributed by atoms with Gasteiger partial charge in [0.2, 0.25) is 5.91 Å². The Morgan fingerprint density at radius 3 is 2.65 bits per heavy atom. The van der Waals surface area contributed by atoms with Crippen LogP contribution in [0.25, 0.3) is 0 Å². The lowest BCUT2D eigenvalue weighted by atomic mass is 9.94. The van der Waals surface area contributed by atoms with E-state index in [1.165, 1.54) is 0 Å². The van der Waals surface area contributed by atoms with E-state index in [0.29, 0.717) is 17.9 Å². The van der Waals surface area contributed by atoms with Crippen LogP contribution in [0.2, 0.25) is 0 Å². The SMILES string of the molecule is CC(NC(=O)CC1CCNCC1)c1ccc(C#N)cc1. The first-order valence-corrected chi connectivity index (χ1v) is 7.19. The smallest absolute Gasteiger partial charge is 0.220 e. The number of benzene rings is 1. The molecule has 1 atom stereocenters. The molecule has 2 N–H and O–H groups in total. The van der Waals surface area contributed by atoms with Crippen LogP contribution in [-0.2, 0) is 4.79 Å². The van der Waals surface area contributed by atoms with Gasteiger partial charge in [0.05, 0.1) is 17.7 Å². The van der Waals surface area contributed by atoms with Gasteiger partial charge < -0.3 is 10.6 Å². The van der Waals surface area contributed by atoms with Gasteiger partial charge >= 0.3 is 0 Å². The van der Waals surface area contributed by atoms with E-state index < -0.39 is 0 Å². The van der Waals surface area contributed by atoms with Gasteiger partial charge in [-0.2, -0.15) is 5.26 Å². The van der Waals surface area contributed by atoms with Crippen LogP contribution in [0.3, 0.4) is 0 Å². The standard InChI is InChI=1S/C16H21N3O/c1-12(15-4-2-14(11-17)3-5-15)19-16(20)10-13-6-8-18-9-7-13/h2-5,12-13,18H,6-10H2,1H3,(H,19,20). The monoisotopic (exact) mass is 271 g/mol. The number of carbonyl (C=O) groups excluding carboxylic acids is 1. The third kappa shape index (κ3) is 4.07. The molecule has 1 heterocycles. The molecule has 0 spiro atoms. The normalized spacial score (nSPS) is 17.2. The van der Waals surface area contributed by atoms with Crippen molar-refractivity contribution in [1.82, 2.24) is 10.6 Å². The van der Waals surface area contributed by atoms with Gasteiger partial charge in [-0.15, -0.1) is 0 Å². The maximum absolute atomic E-state index is 12.0. The van der Waals surface area contributed by atoms with E-state index in [0.717, 1.165) is 31.5 Å². The minimum absolute atomic E-state index is 0.0167. The number of hydrogen-bond acceptors (Lipinski definition) is 3. The van der Waals surface area contributed by atoms with Gasteiger partial charge in [0.15, 0.2) is 0 Å². The number of carbonyl (C=O) groups is 1. The van der Waals surface area contributed by atoms with E-state index in [1.807, 2.05) is 19.1 Å². The second-order valence-electron chi connectivity index (χ2n) is 5.42. The summed E-state index contributed by atoms with van der Waals surface area (Å²) in [6, 6.07) is 9.44. The number of piperidine rings is 1. The Kier molecular flexibility index (Phi) is 5.14. The molecule has 0 aromatic heterocycles. The summed E-state index contributed by atoms with van der Waals surface area (Å²) < 4.78 is 0. The molecule has 2 rings (SSSR count). The molecule has 1 aliphatic rings. The van der Waals surface area contributed by atoms with Crippen molar-refractivity contribution in [1.29, 1.82) is 5.26 Å². The van der Waals surface area contributed by atoms with E-state index in [1.54, 1.807) is 12.1 Å². The first-order valence-electron chi connectivity index (χ1n) is 7.19. The van der Waals surface area contributed by atoms with Gasteiger partial charge in [-0.1, -0.05) is 12.1 Å². The molecule has 4 heteroatoms. The predicted octanol–water partition coefficient (Wildman–Crippen LogP) is 2.13. The Morgan fingerprint density at radius 1 is 1.40 bits per heavy atom. The van der Waals surface area contributed by atoms with Gasteiger partial charge in [-0.3, -0.25) is 4.79 Å². The number of nitriles is 1. The third-order valence-corrected chi connectivity index (χ3v) is 3.85. The Balaban J connectivity index is 1.84. The highest BCUT2D eigenvalue weighted by atomic mass is 16.1. The quantitative estimate of drug-likeness (QED) is 0.881. The topological polar surface area (TPSA) is 64.9 Å². The maximum atomic E-state index is 12.0. The van der Waals surface area contributed by atoms with Crippen LogP contribution in [0.5, 0.6) is 0 Å². The number of hydrogen-bond donors (Lipinski definition) is 2. The zero-order valence-electron chi connectivity index (χ0n) is 11.9. The molecule has 0 radical (unpaired) electrons. The van der Waals surface area contributed by atoms with E-state index in [4.69, 9.17) is 5.26 Å². The minimum Gasteiger partial charge on any atom is -0.350 e. The molecule has 20 heavy (non-hydrogen) atoms. The van der Waals surface area contributed by atoms with Gasteiger partial charge in [0, 0.05) is 6.42 Å². The van der Waals surface area contributed by atoms with Crippen LogP contribution in [0.1, 0.15) is 43.4 Å². The fourth-order valence-corrected chi connectivity index (χ4v) is 2.58. The molecule has 1 amide bonds. The third-order valence-electron chi connectivity index (χ3n) is 3.85. The van der Waals surface area contributed by atoms with E-state index in [2.05, 4.69) is 16.7 Å². The van der Waals surface area contributed by atoms with Crippen molar-refractivity contribution in [3.05, 3.63) is 35.4 Å². The Labute approximate surface area is 120 Å². The molecular weight excluding hydrogens is 250 g/mol. The second kappa shape index (κ2) is 7.06. The maximum Gasteiger partial charge on any atom is 0.220 e. The number of nitrogens with one attached hydrogen (secondary N) is 2. The second-order valence-corrected chi connectivity index (χ2v) is 5.42. The van der Waals surface area contributed by atoms with Crippen LogP contribution >= 0.6 is 0 Å². The number of rotatable bonds is 4. The van der Waals surface area contributed by atoms with Crippen molar-refractivity contribution in [3.63, 3.8) is 0 Å². The summed E-state index contributed by atoms with van der Waals surface area (Å²) in [6.07, 6.45) is 2.78. The van der Waals surface area contributed by atoms with E-state index in [-0.39, 0.29) is 11.9 Å². The molecule has 1 aliphatic heterocycles. The predicted molar refractivity (Wildman–Crippen MR) is 77.9 cm³/mol. The molecule has 1 fully saturated rings. The van der Waals surface area contributed by atoms with Gasteiger partial charge in [0.1, 0.15) is 0 Å². The van der Waals surface area contributed by atoms with Crippen molar-refractivity contribution in [2.75, 3.05) is 13.1 Å². The fourth-order valence-electron chi connectivity index (χ4n) is 2.58. The van der Waals surface area contributed by atoms with Crippen LogP contribution in [0.4, 0.5) is 0 Å². The van der Waals surface area contributed by atoms with Crippen LogP contribution in [0.15, 0.2) is 24.3 Å². The summed E-state index contributed by atoms with van der Waals surface area (Å²) >= 11 is 0. The van der Waals surface area contributed by atoms with Crippen LogP contribution in [0, 0.1) is 17.2 Å². The molecule has 1 aromatic carbocycles. The highest BCUT2D eigenvalue weighted by Gasteiger charge is 2.18. The Hall–Kier alpha value is -1.86.